The van der Waals surface area contributed by atoms with Gasteiger partial charge in [-0.25, -0.2) is 0 Å². The molecule has 84 valence electrons. The summed E-state index contributed by atoms with van der Waals surface area (Å²) in [6.45, 7) is 0.873. The summed E-state index contributed by atoms with van der Waals surface area (Å²) < 4.78 is 4.89. The Kier molecular flexibility index (Phi) is 7.12. The van der Waals surface area contributed by atoms with E-state index in [9.17, 15) is 9.90 Å². The lowest BCUT2D eigenvalue weighted by molar-refractivity contribution is -0.109. The van der Waals surface area contributed by atoms with Crippen molar-refractivity contribution in [1.82, 2.24) is 0 Å². The fourth-order valence-electron chi connectivity index (χ4n) is 0.861. The van der Waals surface area contributed by atoms with Crippen LogP contribution in [-0.2, 0) is 9.53 Å². The molecule has 0 bridgehead atoms. The molecular weight excluding hydrogens is 208 g/mol. The molecule has 0 saturated carbocycles. The molecule has 0 aliphatic heterocycles. The van der Waals surface area contributed by atoms with Crippen LogP contribution in [0.3, 0.4) is 0 Å². The number of aliphatic hydroxyl groups is 3. The molecule has 0 aromatic carbocycles. The number of carbonyl (C=O) groups excluding carboxylic acids is 1. The van der Waals surface area contributed by atoms with Crippen LogP contribution in [0.25, 0.3) is 0 Å². The third kappa shape index (κ3) is 4.92. The number of methoxy groups -OCH3 is 1. The normalized spacial score (nSPS) is 17.5. The second kappa shape index (κ2) is 7.19. The Bertz CT molecular complexity index is 175. The van der Waals surface area contributed by atoms with Gasteiger partial charge in [-0.3, -0.25) is 4.79 Å². The number of aliphatic hydroxyl groups excluding tert-OH is 3. The van der Waals surface area contributed by atoms with E-state index in [-0.39, 0.29) is 10.9 Å². The van der Waals surface area contributed by atoms with E-state index in [0.717, 1.165) is 11.8 Å². The minimum atomic E-state index is -1.24. The van der Waals surface area contributed by atoms with E-state index < -0.39 is 24.9 Å². The van der Waals surface area contributed by atoms with Gasteiger partial charge in [0, 0.05) is 19.8 Å². The highest BCUT2D eigenvalue weighted by molar-refractivity contribution is 8.13. The molecule has 1 unspecified atom stereocenters. The smallest absolute Gasteiger partial charge is 0.185 e. The molecule has 14 heavy (non-hydrogen) atoms. The molecule has 0 rings (SSSR count). The van der Waals surface area contributed by atoms with Crippen molar-refractivity contribution in [2.24, 2.45) is 0 Å². The van der Waals surface area contributed by atoms with Gasteiger partial charge >= 0.3 is 0 Å². The Hall–Kier alpha value is -0.140. The van der Waals surface area contributed by atoms with Gasteiger partial charge in [0.05, 0.1) is 12.7 Å². The first kappa shape index (κ1) is 13.9. The maximum Gasteiger partial charge on any atom is 0.185 e. The van der Waals surface area contributed by atoms with E-state index >= 15 is 0 Å². The van der Waals surface area contributed by atoms with Crippen molar-refractivity contribution in [3.63, 3.8) is 0 Å². The number of rotatable bonds is 6. The van der Waals surface area contributed by atoms with E-state index in [0.29, 0.717) is 0 Å². The molecule has 0 radical (unpaired) electrons. The monoisotopic (exact) mass is 224 g/mol. The van der Waals surface area contributed by atoms with E-state index in [4.69, 9.17) is 14.9 Å². The van der Waals surface area contributed by atoms with Crippen LogP contribution < -0.4 is 0 Å². The van der Waals surface area contributed by atoms with Crippen LogP contribution in [0.2, 0.25) is 0 Å². The second-order valence-electron chi connectivity index (χ2n) is 2.82. The molecule has 0 spiro atoms. The first-order chi connectivity index (χ1) is 6.52. The topological polar surface area (TPSA) is 87.0 Å². The summed E-state index contributed by atoms with van der Waals surface area (Å²) in [5.74, 6) is 0.254. The minimum Gasteiger partial charge on any atom is -0.394 e. The molecule has 0 amide bonds. The quantitative estimate of drug-likeness (QED) is 0.536. The zero-order valence-electron chi connectivity index (χ0n) is 8.21. The maximum absolute atomic E-state index is 10.6. The average molecular weight is 224 g/mol. The fraction of sp³-hybridized carbons (Fsp3) is 0.875. The molecule has 0 fully saturated rings. The van der Waals surface area contributed by atoms with Gasteiger partial charge in [-0.05, 0) is 0 Å². The molecule has 6 heteroatoms. The highest BCUT2D eigenvalue weighted by Crippen LogP contribution is 2.11. The summed E-state index contributed by atoms with van der Waals surface area (Å²) in [5.41, 5.74) is 0. The van der Waals surface area contributed by atoms with E-state index in [1.165, 1.54) is 14.0 Å². The number of carbonyl (C=O) groups is 1. The summed E-state index contributed by atoms with van der Waals surface area (Å²) in [6.07, 6.45) is -3.09. The highest BCUT2D eigenvalue weighted by atomic mass is 32.2. The Morgan fingerprint density at radius 2 is 2.07 bits per heavy atom. The van der Waals surface area contributed by atoms with Crippen molar-refractivity contribution >= 4 is 16.9 Å². The number of ether oxygens (including phenoxy) is 1. The molecule has 0 aromatic heterocycles. The standard InChI is InChI=1S/C8H16O5S/c1-5(10)14-4-7(13-2)8(12)6(11)3-9/h6-9,11-12H,3-4H2,1-2H3/t6-,7?,8-/m1/s1. The van der Waals surface area contributed by atoms with Crippen LogP contribution in [0, 0.1) is 0 Å². The van der Waals surface area contributed by atoms with Crippen molar-refractivity contribution in [3.05, 3.63) is 0 Å². The predicted octanol–water partition coefficient (Wildman–Crippen LogP) is -1.00. The third-order valence-electron chi connectivity index (χ3n) is 1.72. The molecule has 0 aliphatic rings. The molecule has 0 aromatic rings. The van der Waals surface area contributed by atoms with Gasteiger partial charge in [0.15, 0.2) is 5.12 Å². The summed E-state index contributed by atoms with van der Waals surface area (Å²) >= 11 is 1.00. The van der Waals surface area contributed by atoms with Crippen LogP contribution in [0.4, 0.5) is 0 Å². The van der Waals surface area contributed by atoms with Crippen molar-refractivity contribution in [2.45, 2.75) is 25.2 Å². The molecular formula is C8H16O5S. The third-order valence-corrected chi connectivity index (χ3v) is 2.62. The largest absolute Gasteiger partial charge is 0.394 e. The second-order valence-corrected chi connectivity index (χ2v) is 4.01. The van der Waals surface area contributed by atoms with Gasteiger partial charge in [0.2, 0.25) is 0 Å². The SMILES string of the molecule is COC(CSC(C)=O)[C@H](O)[C@H](O)CO. The number of hydrogen-bond donors (Lipinski definition) is 3. The predicted molar refractivity (Wildman–Crippen MR) is 53.0 cm³/mol. The Labute approximate surface area is 87.1 Å². The van der Waals surface area contributed by atoms with Gasteiger partial charge < -0.3 is 20.1 Å². The summed E-state index contributed by atoms with van der Waals surface area (Å²) in [6, 6.07) is 0. The molecule has 5 nitrogen and oxygen atoms in total. The van der Waals surface area contributed by atoms with E-state index in [2.05, 4.69) is 0 Å². The summed E-state index contributed by atoms with van der Waals surface area (Å²) in [4.78, 5) is 10.6. The summed E-state index contributed by atoms with van der Waals surface area (Å²) in [5, 5.41) is 27.1. The maximum atomic E-state index is 10.6. The van der Waals surface area contributed by atoms with Crippen LogP contribution in [0.1, 0.15) is 6.92 Å². The van der Waals surface area contributed by atoms with Crippen LogP contribution >= 0.6 is 11.8 Å². The van der Waals surface area contributed by atoms with Gasteiger partial charge in [0.1, 0.15) is 12.2 Å². The van der Waals surface area contributed by atoms with Crippen molar-refractivity contribution in [1.29, 1.82) is 0 Å². The van der Waals surface area contributed by atoms with Gasteiger partial charge in [-0.15, -0.1) is 0 Å². The lowest BCUT2D eigenvalue weighted by atomic mass is 10.1. The van der Waals surface area contributed by atoms with Crippen LogP contribution in [-0.4, -0.2) is 58.2 Å². The van der Waals surface area contributed by atoms with Crippen molar-refractivity contribution < 1.29 is 24.9 Å². The molecule has 0 saturated heterocycles. The van der Waals surface area contributed by atoms with Crippen LogP contribution in [0.15, 0.2) is 0 Å². The van der Waals surface area contributed by atoms with Gasteiger partial charge in [0.25, 0.3) is 0 Å². The first-order valence-corrected chi connectivity index (χ1v) is 5.14. The minimum absolute atomic E-state index is 0.0854. The molecule has 0 aliphatic carbocycles. The fourth-order valence-corrected chi connectivity index (χ4v) is 1.59. The van der Waals surface area contributed by atoms with E-state index in [1.807, 2.05) is 0 Å². The van der Waals surface area contributed by atoms with Crippen molar-refractivity contribution in [3.8, 4) is 0 Å². The highest BCUT2D eigenvalue weighted by Gasteiger charge is 2.26. The number of thioether (sulfide) groups is 1. The van der Waals surface area contributed by atoms with Crippen molar-refractivity contribution in [2.75, 3.05) is 19.5 Å². The zero-order chi connectivity index (χ0) is 11.1. The first-order valence-electron chi connectivity index (χ1n) is 4.16. The Balaban J connectivity index is 4.04. The average Bonchev–Trinajstić information content (AvgIpc) is 2.16. The van der Waals surface area contributed by atoms with Gasteiger partial charge in [-0.1, -0.05) is 11.8 Å². The van der Waals surface area contributed by atoms with Crippen LogP contribution in [0.5, 0.6) is 0 Å². The van der Waals surface area contributed by atoms with Gasteiger partial charge in [-0.2, -0.15) is 0 Å². The number of hydrogen-bond acceptors (Lipinski definition) is 6. The Morgan fingerprint density at radius 3 is 2.43 bits per heavy atom. The molecule has 0 heterocycles. The zero-order valence-corrected chi connectivity index (χ0v) is 9.03. The summed E-state index contributed by atoms with van der Waals surface area (Å²) in [7, 11) is 1.37. The lowest BCUT2D eigenvalue weighted by Gasteiger charge is -2.23. The Morgan fingerprint density at radius 1 is 1.50 bits per heavy atom. The molecule has 3 N–H and O–H groups in total. The van der Waals surface area contributed by atoms with E-state index in [1.54, 1.807) is 0 Å². The molecule has 3 atom stereocenters. The lowest BCUT2D eigenvalue weighted by Crippen LogP contribution is -2.42.